The third-order valence-electron chi connectivity index (χ3n) is 2.41. The molecule has 16 heavy (non-hydrogen) atoms. The molecule has 0 unspecified atom stereocenters. The van der Waals surface area contributed by atoms with Crippen molar-refractivity contribution in [3.63, 3.8) is 0 Å². The molecule has 0 fully saturated rings. The molecule has 5 nitrogen and oxygen atoms in total. The molecule has 2 aromatic heterocycles. The van der Waals surface area contributed by atoms with E-state index in [4.69, 9.17) is 14.0 Å². The molecule has 2 rings (SSSR count). The zero-order valence-electron chi connectivity index (χ0n) is 8.98. The van der Waals surface area contributed by atoms with Crippen LogP contribution in [0.25, 0.3) is 11.3 Å². The molecule has 0 aromatic carbocycles. The summed E-state index contributed by atoms with van der Waals surface area (Å²) in [5.41, 5.74) is 1.10. The first-order chi connectivity index (χ1) is 7.65. The minimum absolute atomic E-state index is 0.118. The summed E-state index contributed by atoms with van der Waals surface area (Å²) in [4.78, 5) is 11.1. The van der Waals surface area contributed by atoms with E-state index in [0.717, 1.165) is 0 Å². The van der Waals surface area contributed by atoms with Gasteiger partial charge in [-0.3, -0.25) is 0 Å². The van der Waals surface area contributed by atoms with Crippen LogP contribution in [0.5, 0.6) is 0 Å². The Kier molecular flexibility index (Phi) is 2.52. The summed E-state index contributed by atoms with van der Waals surface area (Å²) in [7, 11) is 0. The van der Waals surface area contributed by atoms with E-state index in [1.54, 1.807) is 13.0 Å². The van der Waals surface area contributed by atoms with Crippen molar-refractivity contribution >= 4 is 5.97 Å². The van der Waals surface area contributed by atoms with Gasteiger partial charge < -0.3 is 14.0 Å². The van der Waals surface area contributed by atoms with Crippen molar-refractivity contribution in [2.75, 3.05) is 0 Å². The Labute approximate surface area is 91.7 Å². The number of hydrogen-bond acceptors (Lipinski definition) is 4. The number of nitrogens with zero attached hydrogens (tertiary/aromatic N) is 1. The van der Waals surface area contributed by atoms with Crippen LogP contribution in [0.4, 0.5) is 0 Å². The maximum atomic E-state index is 11.1. The Morgan fingerprint density at radius 3 is 2.81 bits per heavy atom. The number of carbonyl (C=O) groups is 1. The SMILES string of the molecule is CCc1onc(-c2ccoc2C)c1C(=O)O. The van der Waals surface area contributed by atoms with Gasteiger partial charge in [-0.2, -0.15) is 0 Å². The predicted molar refractivity (Wildman–Crippen MR) is 55.3 cm³/mol. The van der Waals surface area contributed by atoms with Crippen LogP contribution in [0.15, 0.2) is 21.3 Å². The molecule has 0 aliphatic carbocycles. The summed E-state index contributed by atoms with van der Waals surface area (Å²) in [5, 5.41) is 12.9. The lowest BCUT2D eigenvalue weighted by molar-refractivity contribution is 0.0695. The number of aromatic nitrogens is 1. The molecule has 84 valence electrons. The fourth-order valence-electron chi connectivity index (χ4n) is 1.60. The highest BCUT2D eigenvalue weighted by atomic mass is 16.5. The lowest BCUT2D eigenvalue weighted by Gasteiger charge is -1.96. The standard InChI is InChI=1S/C11H11NO4/c1-3-8-9(11(13)14)10(12-16-8)7-4-5-15-6(7)2/h4-5H,3H2,1-2H3,(H,13,14). The molecule has 2 aromatic rings. The van der Waals surface area contributed by atoms with Gasteiger partial charge in [0.05, 0.1) is 6.26 Å². The Hall–Kier alpha value is -2.04. The second-order valence-corrected chi connectivity index (χ2v) is 3.38. The lowest BCUT2D eigenvalue weighted by atomic mass is 10.1. The predicted octanol–water partition coefficient (Wildman–Crippen LogP) is 2.50. The van der Waals surface area contributed by atoms with Crippen LogP contribution in [-0.2, 0) is 6.42 Å². The van der Waals surface area contributed by atoms with Gasteiger partial charge in [0.1, 0.15) is 17.0 Å². The van der Waals surface area contributed by atoms with E-state index in [9.17, 15) is 4.79 Å². The molecule has 0 saturated heterocycles. The molecule has 0 radical (unpaired) electrons. The number of furan rings is 1. The van der Waals surface area contributed by atoms with Crippen molar-refractivity contribution in [2.24, 2.45) is 0 Å². The molecule has 0 atom stereocenters. The summed E-state index contributed by atoms with van der Waals surface area (Å²) in [6.45, 7) is 3.57. The van der Waals surface area contributed by atoms with E-state index in [0.29, 0.717) is 29.2 Å². The van der Waals surface area contributed by atoms with E-state index in [1.807, 2.05) is 6.92 Å². The molecular weight excluding hydrogens is 210 g/mol. The monoisotopic (exact) mass is 221 g/mol. The van der Waals surface area contributed by atoms with Gasteiger partial charge in [-0.1, -0.05) is 12.1 Å². The third kappa shape index (κ3) is 1.50. The van der Waals surface area contributed by atoms with Crippen molar-refractivity contribution in [3.8, 4) is 11.3 Å². The maximum Gasteiger partial charge on any atom is 0.341 e. The zero-order valence-corrected chi connectivity index (χ0v) is 8.98. The number of carboxylic acids is 1. The molecule has 1 N–H and O–H groups in total. The molecule has 0 amide bonds. The van der Waals surface area contributed by atoms with Gasteiger partial charge in [0.15, 0.2) is 5.76 Å². The average Bonchev–Trinajstić information content (AvgIpc) is 2.82. The van der Waals surface area contributed by atoms with Gasteiger partial charge in [0.2, 0.25) is 0 Å². The first kappa shape index (κ1) is 10.5. The van der Waals surface area contributed by atoms with Crippen molar-refractivity contribution in [1.29, 1.82) is 0 Å². The summed E-state index contributed by atoms with van der Waals surface area (Å²) in [6, 6.07) is 1.68. The number of aromatic carboxylic acids is 1. The molecule has 0 bridgehead atoms. The molecule has 2 heterocycles. The molecule has 5 heteroatoms. The van der Waals surface area contributed by atoms with Crippen LogP contribution < -0.4 is 0 Å². The highest BCUT2D eigenvalue weighted by Crippen LogP contribution is 2.29. The summed E-state index contributed by atoms with van der Waals surface area (Å²) in [6.07, 6.45) is 1.99. The number of hydrogen-bond donors (Lipinski definition) is 1. The fraction of sp³-hybridized carbons (Fsp3) is 0.273. The van der Waals surface area contributed by atoms with E-state index >= 15 is 0 Å². The first-order valence-electron chi connectivity index (χ1n) is 4.91. The third-order valence-corrected chi connectivity index (χ3v) is 2.41. The maximum absolute atomic E-state index is 11.1. The Morgan fingerprint density at radius 2 is 2.31 bits per heavy atom. The van der Waals surface area contributed by atoms with Crippen molar-refractivity contribution in [3.05, 3.63) is 29.4 Å². The van der Waals surface area contributed by atoms with E-state index in [1.165, 1.54) is 6.26 Å². The van der Waals surface area contributed by atoms with Crippen LogP contribution in [0.2, 0.25) is 0 Å². The van der Waals surface area contributed by atoms with Gasteiger partial charge in [0, 0.05) is 12.0 Å². The minimum Gasteiger partial charge on any atom is -0.477 e. The van der Waals surface area contributed by atoms with Gasteiger partial charge in [-0.25, -0.2) is 4.79 Å². The molecular formula is C11H11NO4. The molecule has 0 aliphatic heterocycles. The number of carboxylic acid groups (broad SMARTS) is 1. The fourth-order valence-corrected chi connectivity index (χ4v) is 1.60. The van der Waals surface area contributed by atoms with E-state index < -0.39 is 5.97 Å². The Bertz CT molecular complexity index is 524. The zero-order chi connectivity index (χ0) is 11.7. The normalized spacial score (nSPS) is 10.6. The smallest absolute Gasteiger partial charge is 0.341 e. The molecule has 0 spiro atoms. The quantitative estimate of drug-likeness (QED) is 0.861. The van der Waals surface area contributed by atoms with Crippen LogP contribution >= 0.6 is 0 Å². The summed E-state index contributed by atoms with van der Waals surface area (Å²) >= 11 is 0. The van der Waals surface area contributed by atoms with E-state index in [2.05, 4.69) is 5.16 Å². The number of aryl methyl sites for hydroxylation is 2. The van der Waals surface area contributed by atoms with Crippen molar-refractivity contribution < 1.29 is 18.8 Å². The van der Waals surface area contributed by atoms with Gasteiger partial charge >= 0.3 is 5.97 Å². The highest BCUT2D eigenvalue weighted by Gasteiger charge is 2.24. The summed E-state index contributed by atoms with van der Waals surface area (Å²) in [5.74, 6) is -0.0322. The minimum atomic E-state index is -1.03. The largest absolute Gasteiger partial charge is 0.477 e. The van der Waals surface area contributed by atoms with Gasteiger partial charge in [0.25, 0.3) is 0 Å². The van der Waals surface area contributed by atoms with Crippen LogP contribution in [0.3, 0.4) is 0 Å². The Morgan fingerprint density at radius 1 is 1.56 bits per heavy atom. The van der Waals surface area contributed by atoms with Gasteiger partial charge in [-0.15, -0.1) is 0 Å². The topological polar surface area (TPSA) is 76.5 Å². The van der Waals surface area contributed by atoms with Crippen molar-refractivity contribution in [2.45, 2.75) is 20.3 Å². The lowest BCUT2D eigenvalue weighted by Crippen LogP contribution is -2.00. The second kappa shape index (κ2) is 3.84. The Balaban J connectivity index is 2.62. The van der Waals surface area contributed by atoms with Crippen LogP contribution in [-0.4, -0.2) is 16.2 Å². The average molecular weight is 221 g/mol. The van der Waals surface area contributed by atoms with Crippen LogP contribution in [0.1, 0.15) is 28.8 Å². The first-order valence-corrected chi connectivity index (χ1v) is 4.91. The molecule has 0 saturated carbocycles. The molecule has 0 aliphatic rings. The van der Waals surface area contributed by atoms with E-state index in [-0.39, 0.29) is 5.56 Å². The highest BCUT2D eigenvalue weighted by molar-refractivity contribution is 5.96. The van der Waals surface area contributed by atoms with Crippen LogP contribution in [0, 0.1) is 6.92 Å². The number of rotatable bonds is 3. The second-order valence-electron chi connectivity index (χ2n) is 3.38. The van der Waals surface area contributed by atoms with Gasteiger partial charge in [-0.05, 0) is 13.0 Å². The summed E-state index contributed by atoms with van der Waals surface area (Å²) < 4.78 is 10.1. The van der Waals surface area contributed by atoms with Crippen molar-refractivity contribution in [1.82, 2.24) is 5.16 Å².